The molecular weight excluding hydrogens is 474 g/mol. The quantitative estimate of drug-likeness (QED) is 0.379. The lowest BCUT2D eigenvalue weighted by molar-refractivity contribution is -0.137. The second kappa shape index (κ2) is 11.3. The van der Waals surface area contributed by atoms with Crippen LogP contribution in [0.5, 0.6) is 0 Å². The van der Waals surface area contributed by atoms with Crippen molar-refractivity contribution in [2.75, 3.05) is 51.3 Å². The Morgan fingerprint density at radius 1 is 1.05 bits per heavy atom. The maximum atomic E-state index is 13.1. The highest BCUT2D eigenvalue weighted by Crippen LogP contribution is 2.33. The molecule has 1 unspecified atom stereocenters. The highest BCUT2D eigenvalue weighted by atomic mass is 16.5. The van der Waals surface area contributed by atoms with Gasteiger partial charge in [0.25, 0.3) is 5.91 Å². The topological polar surface area (TPSA) is 111 Å². The average molecular weight is 512 g/mol. The molecule has 0 bridgehead atoms. The van der Waals surface area contributed by atoms with E-state index in [9.17, 15) is 19.2 Å². The normalized spacial score (nSPS) is 25.1. The van der Waals surface area contributed by atoms with Crippen LogP contribution in [-0.2, 0) is 25.7 Å². The van der Waals surface area contributed by atoms with Gasteiger partial charge in [0.05, 0.1) is 19.3 Å². The maximum Gasteiger partial charge on any atom is 0.255 e. The summed E-state index contributed by atoms with van der Waals surface area (Å²) >= 11 is 0. The van der Waals surface area contributed by atoms with Crippen molar-refractivity contribution in [1.29, 1.82) is 0 Å². The number of imide groups is 1. The van der Waals surface area contributed by atoms with Crippen molar-refractivity contribution in [3.05, 3.63) is 29.3 Å². The number of anilines is 1. The molecule has 200 valence electrons. The minimum Gasteiger partial charge on any atom is -0.379 e. The Hall–Kier alpha value is -2.82. The van der Waals surface area contributed by atoms with E-state index in [0.29, 0.717) is 43.0 Å². The first-order valence-electron chi connectivity index (χ1n) is 13.5. The van der Waals surface area contributed by atoms with E-state index in [1.807, 2.05) is 0 Å². The summed E-state index contributed by atoms with van der Waals surface area (Å²) in [6.07, 6.45) is 3.83. The van der Waals surface area contributed by atoms with Gasteiger partial charge in [-0.2, -0.15) is 0 Å². The summed E-state index contributed by atoms with van der Waals surface area (Å²) in [6, 6.07) is 4.37. The lowest BCUT2D eigenvalue weighted by atomic mass is 9.99. The monoisotopic (exact) mass is 511 g/mol. The average Bonchev–Trinajstić information content (AvgIpc) is 3.19. The summed E-state index contributed by atoms with van der Waals surface area (Å²) < 4.78 is 5.86. The fourth-order valence-electron chi connectivity index (χ4n) is 5.69. The van der Waals surface area contributed by atoms with Crippen LogP contribution in [0, 0.1) is 5.92 Å². The van der Waals surface area contributed by atoms with Gasteiger partial charge in [-0.1, -0.05) is 13.0 Å². The second-order valence-corrected chi connectivity index (χ2v) is 10.7. The van der Waals surface area contributed by atoms with Gasteiger partial charge in [-0.3, -0.25) is 29.4 Å². The first kappa shape index (κ1) is 25.8. The largest absolute Gasteiger partial charge is 0.379 e. The van der Waals surface area contributed by atoms with Gasteiger partial charge in [0.1, 0.15) is 6.04 Å². The van der Waals surface area contributed by atoms with Crippen molar-refractivity contribution in [3.8, 4) is 0 Å². The molecule has 0 aliphatic carbocycles. The van der Waals surface area contributed by atoms with Crippen LogP contribution >= 0.6 is 0 Å². The number of piperidine rings is 2. The lowest BCUT2D eigenvalue weighted by Gasteiger charge is -2.39. The molecule has 37 heavy (non-hydrogen) atoms. The molecule has 0 radical (unpaired) electrons. The van der Waals surface area contributed by atoms with Crippen LogP contribution < -0.4 is 10.6 Å². The van der Waals surface area contributed by atoms with Crippen LogP contribution in [0.25, 0.3) is 0 Å². The highest BCUT2D eigenvalue weighted by Gasteiger charge is 2.40. The molecule has 4 aliphatic rings. The van der Waals surface area contributed by atoms with Gasteiger partial charge in [-0.15, -0.1) is 0 Å². The molecule has 10 heteroatoms. The zero-order valence-corrected chi connectivity index (χ0v) is 21.5. The number of benzene rings is 1. The van der Waals surface area contributed by atoms with E-state index in [2.05, 4.69) is 27.4 Å². The van der Waals surface area contributed by atoms with Crippen molar-refractivity contribution in [2.24, 2.45) is 5.92 Å². The van der Waals surface area contributed by atoms with Crippen LogP contribution in [-0.4, -0.2) is 96.3 Å². The molecule has 1 aromatic rings. The fraction of sp³-hybridized carbons (Fsp3) is 0.630. The fourth-order valence-corrected chi connectivity index (χ4v) is 5.69. The smallest absolute Gasteiger partial charge is 0.255 e. The van der Waals surface area contributed by atoms with E-state index in [-0.39, 0.29) is 36.7 Å². The van der Waals surface area contributed by atoms with Crippen molar-refractivity contribution in [3.63, 3.8) is 0 Å². The predicted octanol–water partition coefficient (Wildman–Crippen LogP) is 1.21. The van der Waals surface area contributed by atoms with Gasteiger partial charge in [0, 0.05) is 49.4 Å². The lowest BCUT2D eigenvalue weighted by Crippen LogP contribution is -2.55. The van der Waals surface area contributed by atoms with Crippen molar-refractivity contribution >= 4 is 29.3 Å². The van der Waals surface area contributed by atoms with Crippen molar-refractivity contribution in [2.45, 2.75) is 57.7 Å². The number of fused-ring (bicyclic) bond motifs is 1. The Balaban J connectivity index is 1.10. The molecule has 4 aliphatic heterocycles. The minimum absolute atomic E-state index is 0.0889. The zero-order chi connectivity index (χ0) is 25.9. The first-order valence-corrected chi connectivity index (χ1v) is 13.5. The molecule has 0 saturated carbocycles. The van der Waals surface area contributed by atoms with Crippen LogP contribution in [0.4, 0.5) is 5.69 Å². The molecule has 5 rings (SSSR count). The van der Waals surface area contributed by atoms with Crippen molar-refractivity contribution in [1.82, 2.24) is 20.0 Å². The van der Waals surface area contributed by atoms with Crippen LogP contribution in [0.1, 0.15) is 54.9 Å². The Morgan fingerprint density at radius 3 is 2.57 bits per heavy atom. The zero-order valence-electron chi connectivity index (χ0n) is 21.5. The number of rotatable bonds is 9. The number of ether oxygens (including phenoxy) is 1. The highest BCUT2D eigenvalue weighted by molar-refractivity contribution is 6.07. The Labute approximate surface area is 217 Å². The molecule has 4 amide bonds. The van der Waals surface area contributed by atoms with Crippen molar-refractivity contribution < 1.29 is 23.9 Å². The summed E-state index contributed by atoms with van der Waals surface area (Å²) in [5.41, 5.74) is 1.81. The molecule has 1 aromatic carbocycles. The van der Waals surface area contributed by atoms with E-state index < -0.39 is 11.9 Å². The number of hydrogen-bond acceptors (Lipinski definition) is 7. The van der Waals surface area contributed by atoms with Gasteiger partial charge in [-0.05, 0) is 56.8 Å². The van der Waals surface area contributed by atoms with E-state index in [0.717, 1.165) is 38.5 Å². The number of carbonyl (C=O) groups is 4. The third-order valence-electron chi connectivity index (χ3n) is 8.22. The Kier molecular flexibility index (Phi) is 7.87. The number of amides is 4. The van der Waals surface area contributed by atoms with Gasteiger partial charge >= 0.3 is 0 Å². The minimum atomic E-state index is -0.679. The molecule has 3 saturated heterocycles. The molecule has 4 heterocycles. The predicted molar refractivity (Wildman–Crippen MR) is 137 cm³/mol. The van der Waals surface area contributed by atoms with Crippen LogP contribution in [0.2, 0.25) is 0 Å². The Morgan fingerprint density at radius 2 is 1.84 bits per heavy atom. The summed E-state index contributed by atoms with van der Waals surface area (Å²) in [4.78, 5) is 56.0. The molecule has 10 nitrogen and oxygen atoms in total. The number of hydrogen-bond donors (Lipinski definition) is 2. The SMILES string of the molecule is CC1CCN(CCOCCN2CC[C@H]2C(=O)Nc2cccc3c2CN(C2CCC(=O)NC2=O)C3=O)CC1. The summed E-state index contributed by atoms with van der Waals surface area (Å²) in [5, 5.41) is 5.34. The third kappa shape index (κ3) is 5.71. The van der Waals surface area contributed by atoms with Gasteiger partial charge in [0.15, 0.2) is 0 Å². The molecular formula is C27H37N5O5. The number of nitrogens with zero attached hydrogens (tertiary/aromatic N) is 3. The summed E-state index contributed by atoms with van der Waals surface area (Å²) in [7, 11) is 0. The standard InChI is InChI=1S/C27H37N5O5/c1-18-7-10-30(11-8-18)13-15-37-16-14-31-12-9-22(31)25(34)28-21-4-2-3-19-20(21)17-32(27(19)36)23-5-6-24(33)29-26(23)35/h2-4,18,22-23H,5-17H2,1H3,(H,28,34)(H,29,33,35)/t22-,23?/m0/s1. The molecule has 0 aromatic heterocycles. The second-order valence-electron chi connectivity index (χ2n) is 10.7. The number of likely N-dealkylation sites (tertiary alicyclic amines) is 2. The van der Waals surface area contributed by atoms with E-state index in [1.165, 1.54) is 17.7 Å². The third-order valence-corrected chi connectivity index (χ3v) is 8.22. The number of nitrogens with one attached hydrogen (secondary N) is 2. The van der Waals surface area contributed by atoms with Gasteiger partial charge in [0.2, 0.25) is 17.7 Å². The van der Waals surface area contributed by atoms with E-state index >= 15 is 0 Å². The molecule has 0 spiro atoms. The van der Waals surface area contributed by atoms with E-state index in [4.69, 9.17) is 4.74 Å². The van der Waals surface area contributed by atoms with Gasteiger partial charge < -0.3 is 19.9 Å². The van der Waals surface area contributed by atoms with Crippen LogP contribution in [0.15, 0.2) is 18.2 Å². The van der Waals surface area contributed by atoms with Crippen LogP contribution in [0.3, 0.4) is 0 Å². The molecule has 2 N–H and O–H groups in total. The Bertz CT molecular complexity index is 1050. The van der Waals surface area contributed by atoms with E-state index in [1.54, 1.807) is 18.2 Å². The first-order chi connectivity index (χ1) is 17.9. The summed E-state index contributed by atoms with van der Waals surface area (Å²) in [6.45, 7) is 8.70. The molecule has 3 fully saturated rings. The number of carbonyl (C=O) groups excluding carboxylic acids is 4. The maximum absolute atomic E-state index is 13.1. The molecule has 2 atom stereocenters. The van der Waals surface area contributed by atoms with Gasteiger partial charge in [-0.25, -0.2) is 0 Å². The summed E-state index contributed by atoms with van der Waals surface area (Å²) in [5.74, 6) is -0.268.